The highest BCUT2D eigenvalue weighted by Crippen LogP contribution is 2.33. The highest BCUT2D eigenvalue weighted by molar-refractivity contribution is 8.18. The summed E-state index contributed by atoms with van der Waals surface area (Å²) < 4.78 is 2.17. The summed E-state index contributed by atoms with van der Waals surface area (Å²) in [6, 6.07) is 11.1. The predicted octanol–water partition coefficient (Wildman–Crippen LogP) is 4.41. The summed E-state index contributed by atoms with van der Waals surface area (Å²) >= 11 is 2.33. The van der Waals surface area contributed by atoms with Crippen molar-refractivity contribution in [2.45, 2.75) is 32.2 Å². The minimum absolute atomic E-state index is 0.326. The van der Waals surface area contributed by atoms with E-state index in [0.29, 0.717) is 10.6 Å². The van der Waals surface area contributed by atoms with Crippen LogP contribution in [0.4, 0.5) is 10.5 Å². The van der Waals surface area contributed by atoms with Gasteiger partial charge < -0.3 is 9.88 Å². The quantitative estimate of drug-likeness (QED) is 0.545. The number of nitrogens with zero attached hydrogens (tertiary/aromatic N) is 4. The molecule has 1 aromatic carbocycles. The van der Waals surface area contributed by atoms with Crippen molar-refractivity contribution in [2.75, 3.05) is 11.9 Å². The van der Waals surface area contributed by atoms with E-state index in [0.717, 1.165) is 64.6 Å². The zero-order chi connectivity index (χ0) is 22.8. The first-order valence-corrected chi connectivity index (χ1v) is 12.4. The zero-order valence-electron chi connectivity index (χ0n) is 17.7. The Balaban J connectivity index is 1.23. The minimum Gasteiger partial charge on any atom is -0.325 e. The summed E-state index contributed by atoms with van der Waals surface area (Å²) in [5.74, 6) is 0.973. The van der Waals surface area contributed by atoms with Crippen LogP contribution in [-0.4, -0.2) is 43.3 Å². The molecular weight excluding hydrogens is 458 g/mol. The molecule has 2 aromatic heterocycles. The number of anilines is 1. The number of fused-ring (bicyclic) bond motifs is 1. The van der Waals surface area contributed by atoms with Crippen LogP contribution in [0, 0.1) is 0 Å². The highest BCUT2D eigenvalue weighted by atomic mass is 32.2. The Bertz CT molecular complexity index is 1230. The molecule has 168 valence electrons. The predicted molar refractivity (Wildman–Crippen MR) is 129 cm³/mol. The number of amides is 3. The summed E-state index contributed by atoms with van der Waals surface area (Å²) in [4.78, 5) is 39.5. The van der Waals surface area contributed by atoms with Crippen molar-refractivity contribution in [3.8, 4) is 11.4 Å². The van der Waals surface area contributed by atoms with E-state index in [4.69, 9.17) is 0 Å². The van der Waals surface area contributed by atoms with E-state index in [9.17, 15) is 14.4 Å². The number of rotatable bonds is 5. The van der Waals surface area contributed by atoms with Crippen LogP contribution in [0.25, 0.3) is 17.5 Å². The van der Waals surface area contributed by atoms with Crippen LogP contribution in [-0.2, 0) is 22.6 Å². The number of hydrogen-bond acceptors (Lipinski definition) is 7. The average Bonchev–Trinajstić information content (AvgIpc) is 3.48. The number of imide groups is 1. The Hall–Kier alpha value is -3.24. The Morgan fingerprint density at radius 3 is 2.73 bits per heavy atom. The maximum Gasteiger partial charge on any atom is 0.294 e. The Kier molecular flexibility index (Phi) is 6.10. The van der Waals surface area contributed by atoms with Gasteiger partial charge in [0, 0.05) is 29.1 Å². The summed E-state index contributed by atoms with van der Waals surface area (Å²) in [5, 5.41) is 12.9. The van der Waals surface area contributed by atoms with E-state index in [1.165, 1.54) is 17.8 Å². The molecule has 3 aromatic rings. The summed E-state index contributed by atoms with van der Waals surface area (Å²) in [6.45, 7) is 0.584. The molecule has 8 nitrogen and oxygen atoms in total. The number of carbonyl (C=O) groups excluding carboxylic acids is 3. The maximum atomic E-state index is 12.6. The largest absolute Gasteiger partial charge is 0.325 e. The van der Waals surface area contributed by atoms with E-state index in [2.05, 4.69) is 20.1 Å². The Morgan fingerprint density at radius 2 is 1.94 bits per heavy atom. The zero-order valence-corrected chi connectivity index (χ0v) is 19.3. The lowest BCUT2D eigenvalue weighted by atomic mass is 10.2. The Labute approximate surface area is 198 Å². The lowest BCUT2D eigenvalue weighted by Crippen LogP contribution is -2.36. The van der Waals surface area contributed by atoms with Gasteiger partial charge in [-0.3, -0.25) is 19.3 Å². The van der Waals surface area contributed by atoms with Gasteiger partial charge in [0.25, 0.3) is 11.1 Å². The molecule has 2 aliphatic rings. The lowest BCUT2D eigenvalue weighted by molar-refractivity contribution is -0.127. The van der Waals surface area contributed by atoms with Gasteiger partial charge in [0.05, 0.1) is 4.91 Å². The van der Waals surface area contributed by atoms with Gasteiger partial charge in [0.15, 0.2) is 5.82 Å². The van der Waals surface area contributed by atoms with Gasteiger partial charge >= 0.3 is 0 Å². The second kappa shape index (κ2) is 9.32. The van der Waals surface area contributed by atoms with Gasteiger partial charge in [-0.25, -0.2) is 0 Å². The van der Waals surface area contributed by atoms with Gasteiger partial charge in [-0.15, -0.1) is 21.5 Å². The first kappa shape index (κ1) is 21.6. The second-order valence-corrected chi connectivity index (χ2v) is 9.78. The topological polar surface area (TPSA) is 97.2 Å². The van der Waals surface area contributed by atoms with Crippen LogP contribution in [0.1, 0.15) is 30.0 Å². The van der Waals surface area contributed by atoms with Crippen molar-refractivity contribution < 1.29 is 14.4 Å². The summed E-state index contributed by atoms with van der Waals surface area (Å²) in [5.41, 5.74) is 1.51. The van der Waals surface area contributed by atoms with Gasteiger partial charge in [0.2, 0.25) is 5.91 Å². The third-order valence-electron chi connectivity index (χ3n) is 5.53. The van der Waals surface area contributed by atoms with Crippen molar-refractivity contribution in [1.29, 1.82) is 0 Å². The molecule has 0 bridgehead atoms. The molecule has 0 saturated carbocycles. The Morgan fingerprint density at radius 1 is 1.09 bits per heavy atom. The van der Waals surface area contributed by atoms with Crippen molar-refractivity contribution in [2.24, 2.45) is 0 Å². The van der Waals surface area contributed by atoms with Crippen LogP contribution in [0.2, 0.25) is 0 Å². The summed E-state index contributed by atoms with van der Waals surface area (Å²) in [6.07, 6.45) is 6.06. The average molecular weight is 480 g/mol. The number of hydrogen-bond donors (Lipinski definition) is 1. The van der Waals surface area contributed by atoms with Crippen molar-refractivity contribution in [3.63, 3.8) is 0 Å². The van der Waals surface area contributed by atoms with E-state index in [1.807, 2.05) is 29.6 Å². The molecule has 0 radical (unpaired) electrons. The standard InChI is InChI=1S/C23H21N5O3S2/c29-20(14-28-22(30)18(33-23(28)31)13-17-5-4-12-32-17)24-16-9-7-15(8-10-16)21-26-25-19-6-2-1-3-11-27(19)21/h4-5,7-10,12-13H,1-3,6,11,14H2,(H,24,29). The molecule has 1 N–H and O–H groups in total. The van der Waals surface area contributed by atoms with Crippen molar-refractivity contribution >= 4 is 51.9 Å². The number of carbonyl (C=O) groups is 3. The van der Waals surface area contributed by atoms with Crippen LogP contribution in [0.15, 0.2) is 46.7 Å². The first-order valence-electron chi connectivity index (χ1n) is 10.7. The molecule has 0 spiro atoms. The van der Waals surface area contributed by atoms with Crippen molar-refractivity contribution in [1.82, 2.24) is 19.7 Å². The first-order chi connectivity index (χ1) is 16.1. The molecule has 5 rings (SSSR count). The minimum atomic E-state index is -0.448. The number of aryl methyl sites for hydroxylation is 1. The van der Waals surface area contributed by atoms with E-state index >= 15 is 0 Å². The SMILES string of the molecule is O=C(CN1C(=O)SC(=Cc2cccs2)C1=O)Nc1ccc(-c2nnc3n2CCCCC3)cc1. The monoisotopic (exact) mass is 479 g/mol. The van der Waals surface area contributed by atoms with E-state index in [1.54, 1.807) is 18.2 Å². The molecule has 2 aliphatic heterocycles. The summed E-state index contributed by atoms with van der Waals surface area (Å²) in [7, 11) is 0. The normalized spacial score (nSPS) is 17.3. The smallest absolute Gasteiger partial charge is 0.294 e. The number of aromatic nitrogens is 3. The molecule has 0 atom stereocenters. The number of thiophene rings is 1. The molecule has 1 fully saturated rings. The number of nitrogens with one attached hydrogen (secondary N) is 1. The van der Waals surface area contributed by atoms with Crippen LogP contribution < -0.4 is 5.32 Å². The fourth-order valence-electron chi connectivity index (χ4n) is 3.88. The number of thioether (sulfide) groups is 1. The molecular formula is C23H21N5O3S2. The number of benzene rings is 1. The lowest BCUT2D eigenvalue weighted by Gasteiger charge is -2.13. The van der Waals surface area contributed by atoms with Crippen LogP contribution in [0.5, 0.6) is 0 Å². The fourth-order valence-corrected chi connectivity index (χ4v) is 5.45. The molecule has 33 heavy (non-hydrogen) atoms. The third-order valence-corrected chi connectivity index (χ3v) is 7.25. The van der Waals surface area contributed by atoms with Crippen molar-refractivity contribution in [3.05, 3.63) is 57.4 Å². The molecule has 10 heteroatoms. The highest BCUT2D eigenvalue weighted by Gasteiger charge is 2.36. The van der Waals surface area contributed by atoms with Gasteiger partial charge in [0.1, 0.15) is 12.4 Å². The van der Waals surface area contributed by atoms with Gasteiger partial charge in [-0.1, -0.05) is 12.5 Å². The van der Waals surface area contributed by atoms with E-state index in [-0.39, 0.29) is 6.54 Å². The second-order valence-electron chi connectivity index (χ2n) is 7.81. The fraction of sp³-hybridized carbons (Fsp3) is 0.261. The van der Waals surface area contributed by atoms with Gasteiger partial charge in [-0.2, -0.15) is 0 Å². The van der Waals surface area contributed by atoms with E-state index < -0.39 is 17.1 Å². The van der Waals surface area contributed by atoms with Crippen LogP contribution in [0.3, 0.4) is 0 Å². The molecule has 1 saturated heterocycles. The molecule has 3 amide bonds. The van der Waals surface area contributed by atoms with Gasteiger partial charge in [-0.05, 0) is 66.4 Å². The maximum absolute atomic E-state index is 12.6. The third kappa shape index (κ3) is 4.62. The molecule has 0 unspecified atom stereocenters. The van der Waals surface area contributed by atoms with Crippen LogP contribution >= 0.6 is 23.1 Å². The molecule has 0 aliphatic carbocycles. The molecule has 4 heterocycles.